The maximum absolute atomic E-state index is 13.6. The fraction of sp³-hybridized carbons (Fsp3) is 0.360. The molecular weight excluding hydrogens is 406 g/mol. The van der Waals surface area contributed by atoms with Crippen LogP contribution in [0.1, 0.15) is 31.7 Å². The van der Waals surface area contributed by atoms with E-state index in [2.05, 4.69) is 24.1 Å². The molecule has 1 heterocycles. The van der Waals surface area contributed by atoms with Gasteiger partial charge in [0, 0.05) is 43.1 Å². The summed E-state index contributed by atoms with van der Waals surface area (Å²) in [5.74, 6) is 0.404. The molecule has 0 radical (unpaired) electrons. The first-order valence-corrected chi connectivity index (χ1v) is 12.4. The molecule has 0 saturated carbocycles. The molecule has 1 aliphatic rings. The Morgan fingerprint density at radius 2 is 1.61 bits per heavy atom. The Labute approximate surface area is 185 Å². The molecule has 0 spiro atoms. The zero-order chi connectivity index (χ0) is 22.0. The molecule has 0 atom stereocenters. The van der Waals surface area contributed by atoms with E-state index in [-0.39, 0.29) is 0 Å². The Morgan fingerprint density at radius 1 is 0.903 bits per heavy atom. The summed E-state index contributed by atoms with van der Waals surface area (Å²) < 4.78 is 28.6. The number of nitrogens with zero attached hydrogens (tertiary/aromatic N) is 2. The maximum Gasteiger partial charge on any atom is 0.264 e. The number of rotatable bonds is 5. The summed E-state index contributed by atoms with van der Waals surface area (Å²) in [5.41, 5.74) is 2.95. The van der Waals surface area contributed by atoms with Crippen molar-refractivity contribution in [2.24, 2.45) is 0 Å². The van der Waals surface area contributed by atoms with E-state index < -0.39 is 10.0 Å². The molecule has 0 unspecified atom stereocenters. The normalized spacial score (nSPS) is 15.3. The lowest BCUT2D eigenvalue weighted by atomic mass is 10.0. The number of anilines is 2. The minimum Gasteiger partial charge on any atom is -0.370 e. The zero-order valence-electron chi connectivity index (χ0n) is 18.5. The van der Waals surface area contributed by atoms with Crippen molar-refractivity contribution in [1.82, 2.24) is 5.32 Å². The van der Waals surface area contributed by atoms with Crippen molar-refractivity contribution in [1.29, 1.82) is 0 Å². The van der Waals surface area contributed by atoms with E-state index in [9.17, 15) is 8.42 Å². The summed E-state index contributed by atoms with van der Waals surface area (Å²) in [7, 11) is -2.08. The van der Waals surface area contributed by atoms with Gasteiger partial charge in [-0.1, -0.05) is 50.2 Å². The lowest BCUT2D eigenvalue weighted by Crippen LogP contribution is -2.29. The number of hydrogen-bond donors (Lipinski definition) is 1. The van der Waals surface area contributed by atoms with Crippen molar-refractivity contribution in [2.45, 2.75) is 31.1 Å². The Bertz CT molecular complexity index is 1150. The fourth-order valence-electron chi connectivity index (χ4n) is 4.20. The third-order valence-corrected chi connectivity index (χ3v) is 7.95. The van der Waals surface area contributed by atoms with Crippen molar-refractivity contribution in [3.63, 3.8) is 0 Å². The van der Waals surface area contributed by atoms with Gasteiger partial charge in [0.1, 0.15) is 0 Å². The van der Waals surface area contributed by atoms with Gasteiger partial charge >= 0.3 is 0 Å². The van der Waals surface area contributed by atoms with Crippen LogP contribution in [0.25, 0.3) is 10.8 Å². The molecule has 5 nitrogen and oxygen atoms in total. The first-order chi connectivity index (χ1) is 14.9. The van der Waals surface area contributed by atoms with Gasteiger partial charge in [-0.05, 0) is 48.7 Å². The Morgan fingerprint density at radius 3 is 2.32 bits per heavy atom. The van der Waals surface area contributed by atoms with E-state index in [0.29, 0.717) is 16.5 Å². The summed E-state index contributed by atoms with van der Waals surface area (Å²) in [4.78, 5) is 2.70. The molecule has 4 rings (SSSR count). The van der Waals surface area contributed by atoms with E-state index in [4.69, 9.17) is 0 Å². The summed E-state index contributed by atoms with van der Waals surface area (Å²) in [5, 5.41) is 5.18. The minimum absolute atomic E-state index is 0.343. The van der Waals surface area contributed by atoms with Gasteiger partial charge in [0.2, 0.25) is 0 Å². The number of hydrogen-bond acceptors (Lipinski definition) is 4. The molecule has 0 amide bonds. The topological polar surface area (TPSA) is 52.7 Å². The van der Waals surface area contributed by atoms with E-state index in [1.807, 2.05) is 54.6 Å². The highest BCUT2D eigenvalue weighted by Gasteiger charge is 2.25. The summed E-state index contributed by atoms with van der Waals surface area (Å²) in [6.45, 7) is 8.08. The van der Waals surface area contributed by atoms with Crippen molar-refractivity contribution in [3.05, 3.63) is 66.2 Å². The first kappa shape index (κ1) is 21.7. The number of fused-ring (bicyclic) bond motifs is 1. The van der Waals surface area contributed by atoms with Crippen LogP contribution in [0.3, 0.4) is 0 Å². The number of benzene rings is 3. The minimum atomic E-state index is -3.70. The monoisotopic (exact) mass is 437 g/mol. The predicted octanol–water partition coefficient (Wildman–Crippen LogP) is 4.59. The average Bonchev–Trinajstić information content (AvgIpc) is 3.07. The van der Waals surface area contributed by atoms with E-state index >= 15 is 0 Å². The van der Waals surface area contributed by atoms with Gasteiger partial charge in [-0.25, -0.2) is 8.42 Å². The van der Waals surface area contributed by atoms with Crippen LogP contribution in [-0.2, 0) is 10.0 Å². The van der Waals surface area contributed by atoms with Gasteiger partial charge in [-0.3, -0.25) is 4.31 Å². The van der Waals surface area contributed by atoms with Crippen molar-refractivity contribution >= 4 is 32.2 Å². The lowest BCUT2D eigenvalue weighted by molar-refractivity contribution is 0.595. The van der Waals surface area contributed by atoms with Gasteiger partial charge in [0.25, 0.3) is 10.0 Å². The van der Waals surface area contributed by atoms with Gasteiger partial charge in [0.05, 0.1) is 10.6 Å². The molecule has 0 aromatic heterocycles. The van der Waals surface area contributed by atoms with Crippen molar-refractivity contribution < 1.29 is 8.42 Å². The van der Waals surface area contributed by atoms with E-state index in [1.165, 1.54) is 9.87 Å². The molecule has 1 N–H and O–H groups in total. The fourth-order valence-corrected chi connectivity index (χ4v) is 5.59. The van der Waals surface area contributed by atoms with Crippen LogP contribution in [0, 0.1) is 0 Å². The van der Waals surface area contributed by atoms with Gasteiger partial charge in [-0.15, -0.1) is 0 Å². The zero-order valence-corrected chi connectivity index (χ0v) is 19.3. The molecule has 1 fully saturated rings. The highest BCUT2D eigenvalue weighted by atomic mass is 32.2. The van der Waals surface area contributed by atoms with Crippen LogP contribution in [0.5, 0.6) is 0 Å². The maximum atomic E-state index is 13.6. The van der Waals surface area contributed by atoms with Crippen LogP contribution < -0.4 is 14.5 Å². The smallest absolute Gasteiger partial charge is 0.264 e. The molecule has 31 heavy (non-hydrogen) atoms. The van der Waals surface area contributed by atoms with Crippen LogP contribution in [0.2, 0.25) is 0 Å². The second kappa shape index (κ2) is 8.89. The Balaban J connectivity index is 1.75. The van der Waals surface area contributed by atoms with E-state index in [0.717, 1.165) is 49.1 Å². The summed E-state index contributed by atoms with van der Waals surface area (Å²) in [6.07, 6.45) is 1.07. The molecule has 0 aliphatic carbocycles. The first-order valence-electron chi connectivity index (χ1n) is 11.0. The van der Waals surface area contributed by atoms with Crippen LogP contribution in [0.15, 0.2) is 65.6 Å². The quantitative estimate of drug-likeness (QED) is 0.634. The largest absolute Gasteiger partial charge is 0.370 e. The standard InChI is InChI=1S/C25H31N3O2S/c1-19(2)20-9-11-21(12-10-20)27(3)31(29,30)25-14-13-24(22-7-4-5-8-23(22)25)28-17-6-15-26-16-18-28/h4-5,7-14,19,26H,6,15-18H2,1-3H3. The second-order valence-electron chi connectivity index (χ2n) is 8.44. The molecule has 0 bridgehead atoms. The third-order valence-electron chi connectivity index (χ3n) is 6.10. The highest BCUT2D eigenvalue weighted by molar-refractivity contribution is 7.93. The van der Waals surface area contributed by atoms with Gasteiger partial charge in [0.15, 0.2) is 0 Å². The molecule has 164 valence electrons. The van der Waals surface area contributed by atoms with Gasteiger partial charge < -0.3 is 10.2 Å². The molecule has 3 aromatic carbocycles. The van der Waals surface area contributed by atoms with Gasteiger partial charge in [-0.2, -0.15) is 0 Å². The summed E-state index contributed by atoms with van der Waals surface area (Å²) in [6, 6.07) is 19.3. The second-order valence-corrected chi connectivity index (χ2v) is 10.4. The molecule has 3 aromatic rings. The number of sulfonamides is 1. The van der Waals surface area contributed by atoms with Crippen LogP contribution in [0.4, 0.5) is 11.4 Å². The molecular formula is C25H31N3O2S. The third kappa shape index (κ3) is 4.27. The van der Waals surface area contributed by atoms with E-state index in [1.54, 1.807) is 13.1 Å². The molecule has 1 saturated heterocycles. The molecule has 6 heteroatoms. The predicted molar refractivity (Wildman–Crippen MR) is 130 cm³/mol. The lowest BCUT2D eigenvalue weighted by Gasteiger charge is -2.26. The Hall–Kier alpha value is -2.57. The SMILES string of the molecule is CC(C)c1ccc(N(C)S(=O)(=O)c2ccc(N3CCCNCC3)c3ccccc23)cc1. The summed E-state index contributed by atoms with van der Waals surface area (Å²) >= 11 is 0. The van der Waals surface area contributed by atoms with Crippen molar-refractivity contribution in [3.8, 4) is 0 Å². The molecule has 1 aliphatic heterocycles. The number of nitrogens with one attached hydrogen (secondary N) is 1. The van der Waals surface area contributed by atoms with Crippen molar-refractivity contribution in [2.75, 3.05) is 42.4 Å². The van der Waals surface area contributed by atoms with Crippen LogP contribution in [-0.4, -0.2) is 41.6 Å². The van der Waals surface area contributed by atoms with Crippen LogP contribution >= 0.6 is 0 Å². The highest BCUT2D eigenvalue weighted by Crippen LogP contribution is 2.34. The average molecular weight is 438 g/mol. The Kier molecular flexibility index (Phi) is 6.21.